The maximum atomic E-state index is 12.7. The fourth-order valence-corrected chi connectivity index (χ4v) is 4.92. The van der Waals surface area contributed by atoms with E-state index in [4.69, 9.17) is 11.6 Å². The summed E-state index contributed by atoms with van der Waals surface area (Å²) in [4.78, 5) is 26.2. The predicted molar refractivity (Wildman–Crippen MR) is 128 cm³/mol. The molecule has 7 nitrogen and oxygen atoms in total. The van der Waals surface area contributed by atoms with E-state index in [0.717, 1.165) is 24.2 Å². The Balaban J connectivity index is 1.41. The zero-order valence-corrected chi connectivity index (χ0v) is 19.2. The third kappa shape index (κ3) is 5.35. The molecule has 2 amide bonds. The summed E-state index contributed by atoms with van der Waals surface area (Å²) in [7, 11) is -3.92. The number of nitrogens with one attached hydrogen (secondary N) is 2. The van der Waals surface area contributed by atoms with Crippen LogP contribution < -0.4 is 14.9 Å². The molecule has 2 N–H and O–H groups in total. The van der Waals surface area contributed by atoms with Gasteiger partial charge in [0.25, 0.3) is 15.9 Å². The van der Waals surface area contributed by atoms with Crippen LogP contribution in [0, 0.1) is 0 Å². The third-order valence-corrected chi connectivity index (χ3v) is 6.99. The lowest BCUT2D eigenvalue weighted by atomic mass is 10.1. The Bertz CT molecular complexity index is 1290. The Morgan fingerprint density at radius 3 is 2.45 bits per heavy atom. The summed E-state index contributed by atoms with van der Waals surface area (Å²) < 4.78 is 27.9. The molecular formula is C24H22ClN3O4S. The van der Waals surface area contributed by atoms with Crippen LogP contribution in [0.1, 0.15) is 28.8 Å². The third-order valence-electron chi connectivity index (χ3n) is 5.30. The van der Waals surface area contributed by atoms with Crippen molar-refractivity contribution in [3.63, 3.8) is 0 Å². The first kappa shape index (κ1) is 22.8. The van der Waals surface area contributed by atoms with E-state index in [9.17, 15) is 18.0 Å². The Morgan fingerprint density at radius 1 is 1.00 bits per heavy atom. The molecule has 0 atom stereocenters. The van der Waals surface area contributed by atoms with Gasteiger partial charge in [0.2, 0.25) is 5.91 Å². The number of amides is 2. The summed E-state index contributed by atoms with van der Waals surface area (Å²) in [5.41, 5.74) is 2.18. The summed E-state index contributed by atoms with van der Waals surface area (Å²) in [6, 6.07) is 19.7. The van der Waals surface area contributed by atoms with Gasteiger partial charge in [-0.2, -0.15) is 0 Å². The summed E-state index contributed by atoms with van der Waals surface area (Å²) in [5.74, 6) is -0.279. The lowest BCUT2D eigenvalue weighted by Gasteiger charge is -2.16. The van der Waals surface area contributed by atoms with Crippen molar-refractivity contribution in [2.24, 2.45) is 0 Å². The van der Waals surface area contributed by atoms with Crippen molar-refractivity contribution in [1.29, 1.82) is 0 Å². The monoisotopic (exact) mass is 483 g/mol. The predicted octanol–water partition coefficient (Wildman–Crippen LogP) is 4.20. The van der Waals surface area contributed by atoms with Gasteiger partial charge >= 0.3 is 0 Å². The highest BCUT2D eigenvalue weighted by Crippen LogP contribution is 2.24. The van der Waals surface area contributed by atoms with Crippen molar-refractivity contribution in [1.82, 2.24) is 5.32 Å². The average molecular weight is 484 g/mol. The highest BCUT2D eigenvalue weighted by Gasteiger charge is 2.21. The van der Waals surface area contributed by atoms with Gasteiger partial charge in [-0.1, -0.05) is 41.9 Å². The number of benzene rings is 3. The van der Waals surface area contributed by atoms with Gasteiger partial charge in [-0.15, -0.1) is 0 Å². The van der Waals surface area contributed by atoms with Crippen molar-refractivity contribution in [3.8, 4) is 0 Å². The minimum atomic E-state index is -3.92. The molecule has 1 aliphatic heterocycles. The van der Waals surface area contributed by atoms with Gasteiger partial charge in [-0.3, -0.25) is 14.3 Å². The molecule has 4 rings (SSSR count). The van der Waals surface area contributed by atoms with Gasteiger partial charge in [0.15, 0.2) is 0 Å². The standard InChI is InChI=1S/C24H22ClN3O4S/c25-21-7-1-2-8-22(21)27-33(31,32)20-6-3-5-18(15-20)24(30)26-16-17-10-12-19(13-11-17)28-14-4-9-23(28)29/h1-3,5-8,10-13,15,27H,4,9,14,16H2,(H,26,30). The highest BCUT2D eigenvalue weighted by atomic mass is 35.5. The lowest BCUT2D eigenvalue weighted by Crippen LogP contribution is -2.24. The Kier molecular flexibility index (Phi) is 6.67. The molecule has 1 heterocycles. The second-order valence-corrected chi connectivity index (χ2v) is 9.70. The van der Waals surface area contributed by atoms with Gasteiger partial charge in [-0.25, -0.2) is 8.42 Å². The van der Waals surface area contributed by atoms with Gasteiger partial charge in [0.1, 0.15) is 0 Å². The van der Waals surface area contributed by atoms with Crippen LogP contribution in [-0.2, 0) is 21.4 Å². The second kappa shape index (κ2) is 9.64. The number of anilines is 2. The van der Waals surface area contributed by atoms with Gasteiger partial charge in [0.05, 0.1) is 15.6 Å². The molecule has 9 heteroatoms. The molecule has 3 aromatic carbocycles. The molecule has 1 saturated heterocycles. The first-order valence-corrected chi connectivity index (χ1v) is 12.2. The van der Waals surface area contributed by atoms with Crippen LogP contribution in [0.2, 0.25) is 5.02 Å². The number of hydrogen-bond donors (Lipinski definition) is 2. The molecule has 0 bridgehead atoms. The van der Waals surface area contributed by atoms with Crippen LogP contribution in [0.25, 0.3) is 0 Å². The van der Waals surface area contributed by atoms with Gasteiger partial charge in [-0.05, 0) is 54.4 Å². The number of hydrogen-bond acceptors (Lipinski definition) is 4. The topological polar surface area (TPSA) is 95.6 Å². The fourth-order valence-electron chi connectivity index (χ4n) is 3.55. The van der Waals surface area contributed by atoms with Gasteiger partial charge < -0.3 is 10.2 Å². The second-order valence-electron chi connectivity index (χ2n) is 7.61. The summed E-state index contributed by atoms with van der Waals surface area (Å²) >= 11 is 6.04. The molecule has 1 aliphatic rings. The van der Waals surface area contributed by atoms with E-state index in [0.29, 0.717) is 6.42 Å². The molecule has 0 radical (unpaired) electrons. The average Bonchev–Trinajstić information content (AvgIpc) is 3.25. The molecule has 0 aromatic heterocycles. The molecule has 0 saturated carbocycles. The van der Waals surface area contributed by atoms with Gasteiger partial charge in [0, 0.05) is 30.8 Å². The first-order chi connectivity index (χ1) is 15.8. The van der Waals surface area contributed by atoms with E-state index in [2.05, 4.69) is 10.0 Å². The largest absolute Gasteiger partial charge is 0.348 e. The van der Waals surface area contributed by atoms with Crippen molar-refractivity contribution >= 4 is 44.8 Å². The number of rotatable bonds is 7. The SMILES string of the molecule is O=C(NCc1ccc(N2CCCC2=O)cc1)c1cccc(S(=O)(=O)Nc2ccccc2Cl)c1. The van der Waals surface area contributed by atoms with E-state index in [-0.39, 0.29) is 33.6 Å². The van der Waals surface area contributed by atoms with Crippen molar-refractivity contribution in [3.05, 3.63) is 88.9 Å². The van der Waals surface area contributed by atoms with E-state index < -0.39 is 15.9 Å². The Labute approximate surface area is 197 Å². The van der Waals surface area contributed by atoms with E-state index >= 15 is 0 Å². The van der Waals surface area contributed by atoms with Crippen molar-refractivity contribution in [2.75, 3.05) is 16.2 Å². The highest BCUT2D eigenvalue weighted by molar-refractivity contribution is 7.92. The van der Waals surface area contributed by atoms with Crippen LogP contribution in [0.15, 0.2) is 77.7 Å². The number of nitrogens with zero attached hydrogens (tertiary/aromatic N) is 1. The Morgan fingerprint density at radius 2 is 1.76 bits per heavy atom. The normalized spacial score (nSPS) is 13.7. The number of carbonyl (C=O) groups is 2. The maximum Gasteiger partial charge on any atom is 0.261 e. The summed E-state index contributed by atoms with van der Waals surface area (Å²) in [5, 5.41) is 3.07. The molecule has 1 fully saturated rings. The molecule has 170 valence electrons. The Hall–Kier alpha value is -3.36. The maximum absolute atomic E-state index is 12.7. The zero-order chi connectivity index (χ0) is 23.4. The smallest absolute Gasteiger partial charge is 0.261 e. The zero-order valence-electron chi connectivity index (χ0n) is 17.6. The van der Waals surface area contributed by atoms with E-state index in [1.807, 2.05) is 24.3 Å². The number of carbonyl (C=O) groups excluding carboxylic acids is 2. The summed E-state index contributed by atoms with van der Waals surface area (Å²) in [6.45, 7) is 0.988. The number of sulfonamides is 1. The summed E-state index contributed by atoms with van der Waals surface area (Å²) in [6.07, 6.45) is 1.43. The number of para-hydroxylation sites is 1. The van der Waals surface area contributed by atoms with Crippen LogP contribution in [-0.4, -0.2) is 26.8 Å². The first-order valence-electron chi connectivity index (χ1n) is 10.4. The van der Waals surface area contributed by atoms with E-state index in [1.165, 1.54) is 18.2 Å². The van der Waals surface area contributed by atoms with Crippen LogP contribution in [0.4, 0.5) is 11.4 Å². The molecular weight excluding hydrogens is 462 g/mol. The minimum absolute atomic E-state index is 0.0466. The molecule has 0 spiro atoms. The quantitative estimate of drug-likeness (QED) is 0.526. The van der Waals surface area contributed by atoms with Crippen molar-refractivity contribution in [2.45, 2.75) is 24.3 Å². The number of halogens is 1. The van der Waals surface area contributed by atoms with Crippen molar-refractivity contribution < 1.29 is 18.0 Å². The van der Waals surface area contributed by atoms with Crippen LogP contribution in [0.3, 0.4) is 0 Å². The molecule has 3 aromatic rings. The lowest BCUT2D eigenvalue weighted by molar-refractivity contribution is -0.117. The molecule has 33 heavy (non-hydrogen) atoms. The molecule has 0 aliphatic carbocycles. The molecule has 0 unspecified atom stereocenters. The minimum Gasteiger partial charge on any atom is -0.348 e. The van der Waals surface area contributed by atoms with Crippen LogP contribution in [0.5, 0.6) is 0 Å². The van der Waals surface area contributed by atoms with Crippen LogP contribution >= 0.6 is 11.6 Å². The fraction of sp³-hybridized carbons (Fsp3) is 0.167. The van der Waals surface area contributed by atoms with E-state index in [1.54, 1.807) is 35.2 Å².